The SMILES string of the molecule is COCC[C@@](C)(O)CNc1cc(CO)cc([C@H]2C#C[C@@H]3CC(=O)Oc4c3cc(c(O)c4C3CCCCC3)C[C@H]3OC(=O)/C(=C\[C@H](O)Cc4cccc(c4)C[C@H]4C(=O)C[C@H]5CC[C@@H]6[C@@H]7CCCC[C@H]7[C@]3(O)[C@H]5[C@H]64)C2)c1. The molecule has 13 atom stereocenters. The number of carbonyl (C=O) groups excluding carboxylic acids is 3. The lowest BCUT2D eigenvalue weighted by molar-refractivity contribution is -0.265. The summed E-state index contributed by atoms with van der Waals surface area (Å²) in [4.78, 5) is 44.3. The van der Waals surface area contributed by atoms with Crippen molar-refractivity contribution in [3.8, 4) is 23.3 Å². The van der Waals surface area contributed by atoms with E-state index in [1.807, 2.05) is 36.4 Å². The molecule has 11 rings (SSSR count). The molecule has 5 fully saturated rings. The fourth-order valence-corrected chi connectivity index (χ4v) is 15.8. The van der Waals surface area contributed by atoms with Crippen molar-refractivity contribution in [2.24, 2.45) is 41.4 Å². The summed E-state index contributed by atoms with van der Waals surface area (Å²) in [6, 6.07) is 15.5. The van der Waals surface area contributed by atoms with E-state index in [9.17, 15) is 35.1 Å². The number of phenolic OH excluding ortho intramolecular Hbond substituents is 1. The van der Waals surface area contributed by atoms with Crippen molar-refractivity contribution in [1.29, 1.82) is 0 Å². The van der Waals surface area contributed by atoms with Gasteiger partial charge in [0.1, 0.15) is 29.0 Å². The summed E-state index contributed by atoms with van der Waals surface area (Å²) < 4.78 is 18.5. The third kappa shape index (κ3) is 9.74. The highest BCUT2D eigenvalue weighted by Crippen LogP contribution is 2.66. The first-order valence-corrected chi connectivity index (χ1v) is 27.9. The van der Waals surface area contributed by atoms with Crippen LogP contribution in [-0.2, 0) is 49.7 Å². The van der Waals surface area contributed by atoms with Gasteiger partial charge in [-0.1, -0.05) is 74.3 Å². The zero-order valence-electron chi connectivity index (χ0n) is 43.2. The third-order valence-electron chi connectivity index (χ3n) is 19.2. The van der Waals surface area contributed by atoms with E-state index < -0.39 is 47.2 Å². The molecule has 0 spiro atoms. The molecule has 0 radical (unpaired) electrons. The van der Waals surface area contributed by atoms with Gasteiger partial charge in [-0.2, -0.15) is 0 Å². The molecule has 12 bridgehead atoms. The highest BCUT2D eigenvalue weighted by molar-refractivity contribution is 5.89. The smallest absolute Gasteiger partial charge is 0.334 e. The second-order valence-electron chi connectivity index (χ2n) is 24.0. The van der Waals surface area contributed by atoms with E-state index in [4.69, 9.17) is 14.2 Å². The average molecular weight is 1010 g/mol. The van der Waals surface area contributed by atoms with Crippen molar-refractivity contribution >= 4 is 23.4 Å². The number of esters is 2. The molecule has 3 aliphatic heterocycles. The number of carbonyl (C=O) groups is 3. The summed E-state index contributed by atoms with van der Waals surface area (Å²) in [6.07, 6.45) is 10.6. The molecule has 0 unspecified atom stereocenters. The topological polar surface area (TPSA) is 192 Å². The maximum atomic E-state index is 15.8. The number of methoxy groups -OCH3 is 1. The van der Waals surface area contributed by atoms with E-state index in [0.717, 1.165) is 81.8 Å². The Morgan fingerprint density at radius 3 is 2.42 bits per heavy atom. The van der Waals surface area contributed by atoms with E-state index in [2.05, 4.69) is 29.3 Å². The number of phenols is 1. The van der Waals surface area contributed by atoms with Crippen molar-refractivity contribution < 1.29 is 54.1 Å². The molecule has 0 aromatic heterocycles. The third-order valence-corrected chi connectivity index (χ3v) is 19.2. The monoisotopic (exact) mass is 1010 g/mol. The molecule has 0 saturated heterocycles. The molecule has 3 heterocycles. The fraction of sp³-hybridized carbons (Fsp3) is 0.597. The van der Waals surface area contributed by atoms with Crippen LogP contribution in [0.5, 0.6) is 11.5 Å². The van der Waals surface area contributed by atoms with Crippen LogP contribution in [0.4, 0.5) is 5.69 Å². The number of Topliss-reactive ketones (excluding diaryl/α,β-unsaturated/α-hetero) is 1. The molecule has 12 heteroatoms. The Morgan fingerprint density at radius 1 is 0.851 bits per heavy atom. The summed E-state index contributed by atoms with van der Waals surface area (Å²) in [5, 5.41) is 64.8. The number of aliphatic hydroxyl groups excluding tert-OH is 2. The normalized spacial score (nSPS) is 34.3. The molecule has 3 aromatic carbocycles. The van der Waals surface area contributed by atoms with Crippen LogP contribution in [0.1, 0.15) is 160 Å². The minimum absolute atomic E-state index is 0.00127. The van der Waals surface area contributed by atoms with Crippen LogP contribution < -0.4 is 10.1 Å². The van der Waals surface area contributed by atoms with Gasteiger partial charge in [-0.3, -0.25) is 9.59 Å². The van der Waals surface area contributed by atoms with Gasteiger partial charge in [-0.05, 0) is 152 Å². The van der Waals surface area contributed by atoms with Gasteiger partial charge in [0, 0.05) is 80.2 Å². The van der Waals surface area contributed by atoms with Crippen LogP contribution in [0.25, 0.3) is 0 Å². The van der Waals surface area contributed by atoms with Crippen molar-refractivity contribution in [1.82, 2.24) is 0 Å². The van der Waals surface area contributed by atoms with Crippen molar-refractivity contribution in [3.63, 3.8) is 0 Å². The fourth-order valence-electron chi connectivity index (χ4n) is 15.8. The first-order valence-electron chi connectivity index (χ1n) is 27.9. The Kier molecular flexibility index (Phi) is 14.4. The molecule has 6 N–H and O–H groups in total. The van der Waals surface area contributed by atoms with Gasteiger partial charge >= 0.3 is 11.9 Å². The molecule has 12 nitrogen and oxygen atoms in total. The number of benzene rings is 3. The van der Waals surface area contributed by atoms with Gasteiger partial charge in [-0.15, -0.1) is 0 Å². The van der Waals surface area contributed by atoms with Crippen LogP contribution in [0, 0.1) is 53.3 Å². The van der Waals surface area contributed by atoms with Crippen LogP contribution in [0.3, 0.4) is 0 Å². The minimum Gasteiger partial charge on any atom is -0.507 e. The Bertz CT molecular complexity index is 2750. The summed E-state index contributed by atoms with van der Waals surface area (Å²) in [7, 11) is 1.59. The maximum absolute atomic E-state index is 15.8. The number of hydrogen-bond donors (Lipinski definition) is 6. The lowest BCUT2D eigenvalue weighted by atomic mass is 9.40. The summed E-state index contributed by atoms with van der Waals surface area (Å²) in [6.45, 7) is 1.96. The lowest BCUT2D eigenvalue weighted by Gasteiger charge is -2.66. The highest BCUT2D eigenvalue weighted by atomic mass is 16.6. The first-order chi connectivity index (χ1) is 35.7. The van der Waals surface area contributed by atoms with E-state index in [-0.39, 0.29) is 103 Å². The van der Waals surface area contributed by atoms with Gasteiger partial charge in [0.2, 0.25) is 0 Å². The van der Waals surface area contributed by atoms with Crippen molar-refractivity contribution in [2.75, 3.05) is 25.6 Å². The predicted octanol–water partition coefficient (Wildman–Crippen LogP) is 8.65. The standard InChI is InChI=1S/C62H75NO11/c1-61(70,19-20-72-2)34-63-45-23-37(33-64)22-42(27-45)39-15-16-40-32-54(67)74-59-49(40)29-43(58(68)55(59)38-11-4-3-5-12-38)31-53-62(71)51-14-7-6-13-47(51)48-18-17-41-30-52(66)50(56(48)57(41)62)25-36-10-8-9-35(21-36)24-46(65)28-44(26-39)60(69)73-53/h8-10,21-23,27-29,38-41,46-48,50-51,53,56-57,63-65,68,70-71H,3-7,11-14,17-20,24-26,30-34H2,1-2H3/b44-28-/t39-,40+,41+,46+,47-,48+,50-,51+,53+,56+,57+,61+,62+/m0/s1. The molecule has 74 heavy (non-hydrogen) atoms. The van der Waals surface area contributed by atoms with Gasteiger partial charge in [-0.25, -0.2) is 4.79 Å². The van der Waals surface area contributed by atoms with Gasteiger partial charge in [0.15, 0.2) is 0 Å². The quantitative estimate of drug-likeness (QED) is 0.0681. The van der Waals surface area contributed by atoms with E-state index in [1.54, 1.807) is 20.1 Å². The Labute approximate surface area is 435 Å². The van der Waals surface area contributed by atoms with Gasteiger partial charge in [0.05, 0.1) is 30.7 Å². The van der Waals surface area contributed by atoms with Crippen LogP contribution in [0.15, 0.2) is 60.2 Å². The number of nitrogens with one attached hydrogen (secondary N) is 1. The van der Waals surface area contributed by atoms with E-state index >= 15 is 4.79 Å². The van der Waals surface area contributed by atoms with E-state index in [1.165, 1.54) is 0 Å². The Balaban J connectivity index is 1.13. The summed E-state index contributed by atoms with van der Waals surface area (Å²) in [5.41, 5.74) is 2.93. The predicted molar refractivity (Wildman–Crippen MR) is 278 cm³/mol. The molecule has 5 saturated carbocycles. The molecule has 0 amide bonds. The number of ether oxygens (including phenoxy) is 3. The number of fused-ring (bicyclic) bond motifs is 10. The number of aliphatic hydroxyl groups is 4. The Morgan fingerprint density at radius 2 is 1.62 bits per heavy atom. The molecule has 394 valence electrons. The van der Waals surface area contributed by atoms with Crippen molar-refractivity contribution in [2.45, 2.75) is 170 Å². The molecule has 3 aromatic rings. The lowest BCUT2D eigenvalue weighted by Crippen LogP contribution is -2.71. The van der Waals surface area contributed by atoms with Gasteiger partial charge in [0.25, 0.3) is 0 Å². The zero-order valence-corrected chi connectivity index (χ0v) is 43.2. The zero-order chi connectivity index (χ0) is 51.5. The molecule has 5 aliphatic carbocycles. The molecule has 8 aliphatic rings. The van der Waals surface area contributed by atoms with E-state index in [0.29, 0.717) is 65.1 Å². The van der Waals surface area contributed by atoms with Crippen molar-refractivity contribution in [3.05, 3.63) is 99.1 Å². The average Bonchev–Trinajstić information content (AvgIpc) is 3.40. The number of aromatic hydroxyl groups is 1. The summed E-state index contributed by atoms with van der Waals surface area (Å²) >= 11 is 0. The number of anilines is 1. The Hall–Kier alpha value is -5.03. The largest absolute Gasteiger partial charge is 0.507 e. The molecular weight excluding hydrogens is 935 g/mol. The van der Waals surface area contributed by atoms with Crippen LogP contribution >= 0.6 is 0 Å². The number of hydrogen-bond acceptors (Lipinski definition) is 12. The van der Waals surface area contributed by atoms with Gasteiger partial charge < -0.3 is 45.1 Å². The second kappa shape index (κ2) is 20.8. The summed E-state index contributed by atoms with van der Waals surface area (Å²) in [5.74, 6) is 4.09. The van der Waals surface area contributed by atoms with Crippen LogP contribution in [0.2, 0.25) is 0 Å². The number of rotatable bonds is 9. The van der Waals surface area contributed by atoms with Crippen LogP contribution in [-0.4, -0.2) is 86.9 Å². The molecular formula is C62H75NO11. The first kappa shape index (κ1) is 51.1. The highest BCUT2D eigenvalue weighted by Gasteiger charge is 2.68. The maximum Gasteiger partial charge on any atom is 0.334 e. The number of ketones is 1. The second-order valence-corrected chi connectivity index (χ2v) is 24.0. The minimum atomic E-state index is -1.59.